The fourth-order valence-corrected chi connectivity index (χ4v) is 4.89. The summed E-state index contributed by atoms with van der Waals surface area (Å²) in [6, 6.07) is 32.7. The quantitative estimate of drug-likeness (QED) is 0.288. The van der Waals surface area contributed by atoms with Gasteiger partial charge in [0.1, 0.15) is 5.78 Å². The Morgan fingerprint density at radius 2 is 1.52 bits per heavy atom. The number of carbonyl (C=O) groups excluding carboxylic acids is 1. The molecule has 0 heterocycles. The van der Waals surface area contributed by atoms with Crippen LogP contribution >= 0.6 is 11.6 Å². The molecule has 4 aromatic rings. The van der Waals surface area contributed by atoms with E-state index in [-0.39, 0.29) is 5.78 Å². The van der Waals surface area contributed by atoms with E-state index in [4.69, 9.17) is 11.6 Å². The average molecular weight is 474 g/mol. The van der Waals surface area contributed by atoms with Crippen LogP contribution in [0.2, 0.25) is 5.02 Å². The number of hydrogen-bond donors (Lipinski definition) is 1. The molecule has 0 spiro atoms. The molecule has 0 amide bonds. The van der Waals surface area contributed by atoms with Crippen LogP contribution in [-0.4, -0.2) is 9.99 Å². The Labute approximate surface area is 202 Å². The smallest absolute Gasteiger partial charge is 0.150 e. The van der Waals surface area contributed by atoms with Gasteiger partial charge >= 0.3 is 0 Å². The summed E-state index contributed by atoms with van der Waals surface area (Å²) in [5.74, 6) is 0.177. The first-order chi connectivity index (χ1) is 16.1. The van der Waals surface area contributed by atoms with Gasteiger partial charge in [-0.2, -0.15) is 0 Å². The maximum Gasteiger partial charge on any atom is 0.150 e. The van der Waals surface area contributed by atoms with E-state index in [0.29, 0.717) is 24.3 Å². The van der Waals surface area contributed by atoms with Gasteiger partial charge in [0.2, 0.25) is 0 Å². The summed E-state index contributed by atoms with van der Waals surface area (Å²) in [6.45, 7) is 0. The molecule has 0 aromatic heterocycles. The highest BCUT2D eigenvalue weighted by molar-refractivity contribution is 7.86. The van der Waals surface area contributed by atoms with Crippen LogP contribution in [0.5, 0.6) is 0 Å². The molecule has 4 rings (SSSR count). The molecular weight excluding hydrogens is 450 g/mol. The van der Waals surface area contributed by atoms with Crippen molar-refractivity contribution in [2.24, 2.45) is 0 Å². The summed E-state index contributed by atoms with van der Waals surface area (Å²) in [7, 11) is -1.42. The lowest BCUT2D eigenvalue weighted by molar-refractivity contribution is -0.118. The Kier molecular flexibility index (Phi) is 7.71. The van der Waals surface area contributed by atoms with Crippen molar-refractivity contribution < 1.29 is 9.00 Å². The first-order valence-electron chi connectivity index (χ1n) is 10.8. The van der Waals surface area contributed by atoms with E-state index < -0.39 is 11.0 Å². The number of rotatable bonds is 9. The third kappa shape index (κ3) is 6.41. The Morgan fingerprint density at radius 1 is 0.788 bits per heavy atom. The molecule has 0 fully saturated rings. The molecule has 0 aliphatic heterocycles. The third-order valence-corrected chi connectivity index (χ3v) is 6.73. The molecule has 166 valence electrons. The number of aryl methyl sites for hydroxylation is 1. The molecule has 0 saturated heterocycles. The number of anilines is 1. The van der Waals surface area contributed by atoms with Gasteiger partial charge in [0.25, 0.3) is 0 Å². The third-order valence-electron chi connectivity index (χ3n) is 5.32. The summed E-state index contributed by atoms with van der Waals surface area (Å²) in [5.41, 5.74) is 4.70. The van der Waals surface area contributed by atoms with Gasteiger partial charge in [0, 0.05) is 23.6 Å². The van der Waals surface area contributed by atoms with Gasteiger partial charge in [-0.05, 0) is 59.0 Å². The van der Waals surface area contributed by atoms with E-state index >= 15 is 0 Å². The first-order valence-corrected chi connectivity index (χ1v) is 12.3. The summed E-state index contributed by atoms with van der Waals surface area (Å²) in [4.78, 5) is 13.1. The molecule has 1 N–H and O–H groups in total. The van der Waals surface area contributed by atoms with Gasteiger partial charge in [-0.3, -0.25) is 4.79 Å². The van der Waals surface area contributed by atoms with Crippen molar-refractivity contribution in [3.05, 3.63) is 119 Å². The van der Waals surface area contributed by atoms with Crippen molar-refractivity contribution in [2.75, 3.05) is 4.72 Å². The second kappa shape index (κ2) is 11.1. The van der Waals surface area contributed by atoms with Gasteiger partial charge in [-0.15, -0.1) is 0 Å². The zero-order valence-electron chi connectivity index (χ0n) is 18.0. The van der Waals surface area contributed by atoms with E-state index in [1.165, 1.54) is 0 Å². The monoisotopic (exact) mass is 473 g/mol. The Morgan fingerprint density at radius 3 is 2.27 bits per heavy atom. The molecule has 0 aliphatic rings. The van der Waals surface area contributed by atoms with Crippen LogP contribution in [0, 0.1) is 0 Å². The van der Waals surface area contributed by atoms with Gasteiger partial charge in [0.05, 0.1) is 4.90 Å². The van der Waals surface area contributed by atoms with Crippen molar-refractivity contribution in [2.45, 2.75) is 24.2 Å². The lowest BCUT2D eigenvalue weighted by Crippen LogP contribution is -2.07. The Hall–Kier alpha value is -3.21. The fraction of sp³-hybridized carbons (Fsp3) is 0.107. The normalized spacial score (nSPS) is 11.7. The highest BCUT2D eigenvalue weighted by Gasteiger charge is 2.12. The van der Waals surface area contributed by atoms with E-state index in [9.17, 15) is 9.00 Å². The number of benzene rings is 4. The number of halogens is 1. The predicted molar refractivity (Wildman–Crippen MR) is 137 cm³/mol. The molecule has 33 heavy (non-hydrogen) atoms. The van der Waals surface area contributed by atoms with Gasteiger partial charge in [-0.1, -0.05) is 84.4 Å². The maximum absolute atomic E-state index is 13.1. The molecule has 5 heteroatoms. The topological polar surface area (TPSA) is 46.2 Å². The molecule has 0 radical (unpaired) electrons. The largest absolute Gasteiger partial charge is 0.301 e. The Bertz CT molecular complexity index is 1260. The first kappa shape index (κ1) is 23.0. The summed E-state index contributed by atoms with van der Waals surface area (Å²) in [5, 5.41) is 0.687. The maximum atomic E-state index is 13.1. The highest BCUT2D eigenvalue weighted by Crippen LogP contribution is 2.27. The summed E-state index contributed by atoms with van der Waals surface area (Å²) < 4.78 is 16.1. The molecule has 1 unspecified atom stereocenters. The van der Waals surface area contributed by atoms with Gasteiger partial charge in [-0.25, -0.2) is 4.21 Å². The number of hydrogen-bond acceptors (Lipinski definition) is 2. The number of ketones is 1. The van der Waals surface area contributed by atoms with Crippen LogP contribution in [-0.2, 0) is 28.6 Å². The molecule has 0 saturated carbocycles. The van der Waals surface area contributed by atoms with Gasteiger partial charge < -0.3 is 4.72 Å². The van der Waals surface area contributed by atoms with Crippen molar-refractivity contribution in [3.63, 3.8) is 0 Å². The van der Waals surface area contributed by atoms with Crippen molar-refractivity contribution in [3.8, 4) is 11.1 Å². The zero-order valence-corrected chi connectivity index (χ0v) is 19.6. The minimum absolute atomic E-state index is 0.177. The van der Waals surface area contributed by atoms with E-state index in [1.54, 1.807) is 0 Å². The van der Waals surface area contributed by atoms with Crippen molar-refractivity contribution >= 4 is 34.1 Å². The van der Waals surface area contributed by atoms with Crippen LogP contribution in [0.3, 0.4) is 0 Å². The fourth-order valence-electron chi connectivity index (χ4n) is 3.63. The average Bonchev–Trinajstić information content (AvgIpc) is 2.84. The summed E-state index contributed by atoms with van der Waals surface area (Å²) in [6.07, 6.45) is 1.53. The lowest BCUT2D eigenvalue weighted by Gasteiger charge is -2.11. The van der Waals surface area contributed by atoms with Crippen molar-refractivity contribution in [1.29, 1.82) is 0 Å². The zero-order chi connectivity index (χ0) is 23.0. The molecule has 0 bridgehead atoms. The van der Waals surface area contributed by atoms with E-state index in [1.807, 2.05) is 103 Å². The minimum atomic E-state index is -1.42. The van der Waals surface area contributed by atoms with Crippen LogP contribution in [0.1, 0.15) is 17.5 Å². The lowest BCUT2D eigenvalue weighted by atomic mass is 10.0. The second-order valence-electron chi connectivity index (χ2n) is 7.78. The van der Waals surface area contributed by atoms with E-state index in [2.05, 4.69) is 4.72 Å². The highest BCUT2D eigenvalue weighted by atomic mass is 35.5. The molecule has 4 aromatic carbocycles. The van der Waals surface area contributed by atoms with Crippen LogP contribution in [0.25, 0.3) is 11.1 Å². The molecule has 3 nitrogen and oxygen atoms in total. The number of carbonyl (C=O) groups is 1. The van der Waals surface area contributed by atoms with E-state index in [0.717, 1.165) is 32.8 Å². The molecule has 1 atom stereocenters. The van der Waals surface area contributed by atoms with Crippen molar-refractivity contribution in [1.82, 2.24) is 0 Å². The van der Waals surface area contributed by atoms with Crippen LogP contribution in [0.15, 0.2) is 108 Å². The van der Waals surface area contributed by atoms with Crippen LogP contribution < -0.4 is 4.72 Å². The minimum Gasteiger partial charge on any atom is -0.301 e. The SMILES string of the molecule is O=C(CCc1cccc(Cl)c1)Cc1ccc(NS(=O)c2ccccc2-c2ccccc2)cc1. The standard InChI is InChI=1S/C28H24ClNO2S/c29-24-10-6-7-21(19-24)15-18-26(31)20-22-13-16-25(17-14-22)30-33(32)28-12-5-4-11-27(28)23-8-2-1-3-9-23/h1-14,16-17,19,30H,15,18,20H2. The predicted octanol–water partition coefficient (Wildman–Crippen LogP) is 6.89. The molecular formula is C28H24ClNO2S. The summed E-state index contributed by atoms with van der Waals surface area (Å²) >= 11 is 6.01. The Balaban J connectivity index is 1.36. The van der Waals surface area contributed by atoms with Crippen LogP contribution in [0.4, 0.5) is 5.69 Å². The molecule has 0 aliphatic carbocycles. The van der Waals surface area contributed by atoms with Gasteiger partial charge in [0.15, 0.2) is 11.0 Å². The second-order valence-corrected chi connectivity index (χ2v) is 9.39. The number of Topliss-reactive ketones (excluding diaryl/α,β-unsaturated/α-hetero) is 1. The number of nitrogens with one attached hydrogen (secondary N) is 1.